The summed E-state index contributed by atoms with van der Waals surface area (Å²) >= 11 is 0. The quantitative estimate of drug-likeness (QED) is 0.553. The van der Waals surface area contributed by atoms with E-state index in [1.165, 1.54) is 0 Å². The maximum Gasteiger partial charge on any atom is 0.305 e. The minimum absolute atomic E-state index is 0.175. The first-order chi connectivity index (χ1) is 10.7. The van der Waals surface area contributed by atoms with Crippen LogP contribution in [0, 0.1) is 0 Å². The van der Waals surface area contributed by atoms with E-state index < -0.39 is 0 Å². The molecule has 8 heteroatoms. The van der Waals surface area contributed by atoms with Crippen molar-refractivity contribution < 1.29 is 14.3 Å². The molecule has 0 radical (unpaired) electrons. The van der Waals surface area contributed by atoms with Gasteiger partial charge < -0.3 is 15.2 Å². The van der Waals surface area contributed by atoms with Gasteiger partial charge in [0.25, 0.3) is 0 Å². The molecule has 0 fully saturated rings. The van der Waals surface area contributed by atoms with Crippen LogP contribution in [0.5, 0.6) is 0 Å². The number of nitrogen functional groups attached to an aromatic ring is 1. The van der Waals surface area contributed by atoms with Crippen LogP contribution in [-0.2, 0) is 21.0 Å². The number of hydrogen-bond donors (Lipinski definition) is 1. The molecule has 2 N–H and O–H groups in total. The minimum atomic E-state index is -0.175. The Labute approximate surface area is 128 Å². The topological polar surface area (TPSA) is 105 Å². The maximum absolute atomic E-state index is 11.4. The lowest BCUT2D eigenvalue weighted by Crippen LogP contribution is -2.12. The van der Waals surface area contributed by atoms with Crippen molar-refractivity contribution in [2.24, 2.45) is 0 Å². The molecule has 0 aliphatic carbocycles. The Morgan fingerprint density at radius 1 is 1.32 bits per heavy atom. The molecule has 0 saturated heterocycles. The molecule has 0 bridgehead atoms. The third kappa shape index (κ3) is 4.66. The van der Waals surface area contributed by atoms with Crippen molar-refractivity contribution in [3.8, 4) is 0 Å². The smallest absolute Gasteiger partial charge is 0.305 e. The zero-order valence-corrected chi connectivity index (χ0v) is 12.7. The van der Waals surface area contributed by atoms with Gasteiger partial charge in [-0.05, 0) is 6.42 Å². The van der Waals surface area contributed by atoms with E-state index in [-0.39, 0.29) is 25.3 Å². The van der Waals surface area contributed by atoms with Crippen molar-refractivity contribution in [2.75, 3.05) is 18.9 Å². The molecule has 120 valence electrons. The summed E-state index contributed by atoms with van der Waals surface area (Å²) in [5.41, 5.74) is 6.82. The van der Waals surface area contributed by atoms with E-state index in [1.54, 1.807) is 17.1 Å². The molecular weight excluding hydrogens is 286 g/mol. The van der Waals surface area contributed by atoms with Crippen LogP contribution in [0.3, 0.4) is 0 Å². The van der Waals surface area contributed by atoms with Gasteiger partial charge in [0.15, 0.2) is 5.65 Å². The lowest BCUT2D eigenvalue weighted by molar-refractivity contribution is -0.145. The number of carbonyl (C=O) groups excluding carboxylic acids is 1. The van der Waals surface area contributed by atoms with Gasteiger partial charge in [0.1, 0.15) is 18.9 Å². The Bertz CT molecular complexity index is 614. The number of fused-ring (bicyclic) bond motifs is 1. The van der Waals surface area contributed by atoms with E-state index in [0.29, 0.717) is 24.2 Å². The highest BCUT2D eigenvalue weighted by atomic mass is 16.6. The molecule has 0 aliphatic rings. The molecule has 2 aromatic heterocycles. The molecule has 0 saturated carbocycles. The van der Waals surface area contributed by atoms with Crippen LogP contribution in [0.4, 0.5) is 5.95 Å². The van der Waals surface area contributed by atoms with Gasteiger partial charge in [0.2, 0.25) is 5.95 Å². The number of carbonyl (C=O) groups is 1. The van der Waals surface area contributed by atoms with Gasteiger partial charge in [-0.1, -0.05) is 19.8 Å². The zero-order valence-electron chi connectivity index (χ0n) is 12.7. The lowest BCUT2D eigenvalue weighted by atomic mass is 10.2. The third-order valence-corrected chi connectivity index (χ3v) is 3.08. The van der Waals surface area contributed by atoms with Gasteiger partial charge in [0.05, 0.1) is 19.1 Å². The second-order valence-electron chi connectivity index (χ2n) is 4.87. The van der Waals surface area contributed by atoms with E-state index in [1.807, 2.05) is 0 Å². The molecule has 0 amide bonds. The molecule has 2 aromatic rings. The number of esters is 1. The van der Waals surface area contributed by atoms with Crippen molar-refractivity contribution >= 4 is 23.1 Å². The van der Waals surface area contributed by atoms with Crippen LogP contribution in [0.2, 0.25) is 0 Å². The summed E-state index contributed by atoms with van der Waals surface area (Å²) in [5, 5.41) is 0. The Morgan fingerprint density at radius 2 is 2.18 bits per heavy atom. The number of rotatable bonds is 9. The minimum Gasteiger partial charge on any atom is -0.463 e. The molecule has 8 nitrogen and oxygen atoms in total. The number of aromatic nitrogens is 4. The highest BCUT2D eigenvalue weighted by Gasteiger charge is 2.06. The fourth-order valence-corrected chi connectivity index (χ4v) is 1.93. The average Bonchev–Trinajstić information content (AvgIpc) is 2.89. The molecule has 2 rings (SSSR count). The molecule has 0 aliphatic heterocycles. The van der Waals surface area contributed by atoms with E-state index in [4.69, 9.17) is 15.2 Å². The first-order valence-corrected chi connectivity index (χ1v) is 7.37. The first-order valence-electron chi connectivity index (χ1n) is 7.37. The second-order valence-corrected chi connectivity index (χ2v) is 4.87. The van der Waals surface area contributed by atoms with Gasteiger partial charge in [-0.15, -0.1) is 0 Å². The number of hydrogen-bond acceptors (Lipinski definition) is 7. The Morgan fingerprint density at radius 3 is 3.00 bits per heavy atom. The number of anilines is 1. The number of ether oxygens (including phenoxy) is 2. The predicted molar refractivity (Wildman–Crippen MR) is 80.8 cm³/mol. The molecule has 2 heterocycles. The summed E-state index contributed by atoms with van der Waals surface area (Å²) in [6, 6.07) is 0. The van der Waals surface area contributed by atoms with Gasteiger partial charge in [-0.3, -0.25) is 9.36 Å². The van der Waals surface area contributed by atoms with E-state index in [0.717, 1.165) is 19.3 Å². The van der Waals surface area contributed by atoms with Gasteiger partial charge in [-0.25, -0.2) is 9.97 Å². The molecule has 0 spiro atoms. The van der Waals surface area contributed by atoms with Crippen LogP contribution in [-0.4, -0.2) is 38.7 Å². The average molecular weight is 307 g/mol. The number of nitrogens with zero attached hydrogens (tertiary/aromatic N) is 4. The molecule has 0 atom stereocenters. The summed E-state index contributed by atoms with van der Waals surface area (Å²) in [6.07, 6.45) is 6.64. The number of imidazole rings is 1. The van der Waals surface area contributed by atoms with Gasteiger partial charge in [0, 0.05) is 6.42 Å². The van der Waals surface area contributed by atoms with Crippen molar-refractivity contribution in [3.63, 3.8) is 0 Å². The Balaban J connectivity index is 1.68. The summed E-state index contributed by atoms with van der Waals surface area (Å²) < 4.78 is 12.2. The summed E-state index contributed by atoms with van der Waals surface area (Å²) in [7, 11) is 0. The summed E-state index contributed by atoms with van der Waals surface area (Å²) in [6.45, 7) is 2.92. The monoisotopic (exact) mass is 307 g/mol. The SMILES string of the molecule is CCCCCC(=O)OCCOCn1cnc2cnc(N)nc21. The van der Waals surface area contributed by atoms with Crippen LogP contribution < -0.4 is 5.73 Å². The fraction of sp³-hybridized carbons (Fsp3) is 0.571. The van der Waals surface area contributed by atoms with E-state index >= 15 is 0 Å². The lowest BCUT2D eigenvalue weighted by Gasteiger charge is -2.07. The molecule has 0 unspecified atom stereocenters. The van der Waals surface area contributed by atoms with Crippen LogP contribution in [0.1, 0.15) is 32.6 Å². The number of nitrogens with two attached hydrogens (primary N) is 1. The summed E-state index contributed by atoms with van der Waals surface area (Å²) in [5.74, 6) is 0.0147. The summed E-state index contributed by atoms with van der Waals surface area (Å²) in [4.78, 5) is 23.5. The van der Waals surface area contributed by atoms with Crippen LogP contribution in [0.25, 0.3) is 11.2 Å². The Kier molecular flexibility index (Phi) is 6.08. The highest BCUT2D eigenvalue weighted by molar-refractivity contribution is 5.70. The van der Waals surface area contributed by atoms with E-state index in [9.17, 15) is 4.79 Å². The van der Waals surface area contributed by atoms with Crippen LogP contribution >= 0.6 is 0 Å². The normalized spacial score (nSPS) is 11.0. The first kappa shape index (κ1) is 16.2. The van der Waals surface area contributed by atoms with Crippen molar-refractivity contribution in [1.82, 2.24) is 19.5 Å². The largest absolute Gasteiger partial charge is 0.463 e. The predicted octanol–water partition coefficient (Wildman–Crippen LogP) is 1.51. The molecular formula is C14H21N5O3. The number of unbranched alkanes of at least 4 members (excludes halogenated alkanes) is 2. The molecule has 22 heavy (non-hydrogen) atoms. The van der Waals surface area contributed by atoms with Gasteiger partial charge in [-0.2, -0.15) is 4.98 Å². The molecule has 0 aromatic carbocycles. The zero-order chi connectivity index (χ0) is 15.8. The Hall–Kier alpha value is -2.22. The highest BCUT2D eigenvalue weighted by Crippen LogP contribution is 2.09. The standard InChI is InChI=1S/C14H21N5O3/c1-2-3-4-5-12(20)22-7-6-21-10-19-9-17-11-8-16-14(15)18-13(11)19/h8-9H,2-7,10H2,1H3,(H2,15,16,18). The fourth-order valence-electron chi connectivity index (χ4n) is 1.93. The third-order valence-electron chi connectivity index (χ3n) is 3.08. The van der Waals surface area contributed by atoms with Crippen molar-refractivity contribution in [3.05, 3.63) is 12.5 Å². The van der Waals surface area contributed by atoms with Crippen molar-refractivity contribution in [1.29, 1.82) is 0 Å². The maximum atomic E-state index is 11.4. The van der Waals surface area contributed by atoms with E-state index in [2.05, 4.69) is 21.9 Å². The van der Waals surface area contributed by atoms with Gasteiger partial charge >= 0.3 is 5.97 Å². The second kappa shape index (κ2) is 8.28. The van der Waals surface area contributed by atoms with Crippen molar-refractivity contribution in [2.45, 2.75) is 39.3 Å². The van der Waals surface area contributed by atoms with Crippen LogP contribution in [0.15, 0.2) is 12.5 Å².